The number of rotatable bonds is 10. The summed E-state index contributed by atoms with van der Waals surface area (Å²) in [6.45, 7) is 0.333. The molecular formula is C71H53N9. The zero-order valence-electron chi connectivity index (χ0n) is 43.6. The third-order valence-electron chi connectivity index (χ3n) is 15.1. The lowest BCUT2D eigenvalue weighted by atomic mass is 10.0. The Morgan fingerprint density at radius 3 is 1.66 bits per heavy atom. The first kappa shape index (κ1) is 47.9. The Morgan fingerprint density at radius 1 is 0.463 bits per heavy atom. The molecule has 0 amide bonds. The number of pyridine rings is 1. The maximum Gasteiger partial charge on any atom is 0.232 e. The lowest BCUT2D eigenvalue weighted by Crippen LogP contribution is -2.47. The molecule has 2 unspecified atom stereocenters. The van der Waals surface area contributed by atoms with Crippen molar-refractivity contribution in [3.63, 3.8) is 0 Å². The van der Waals surface area contributed by atoms with E-state index in [1.54, 1.807) is 0 Å². The molecule has 14 rings (SSSR count). The fraction of sp³-hybridized carbons (Fsp3) is 0.0423. The number of fused-ring (bicyclic) bond motifs is 7. The van der Waals surface area contributed by atoms with Crippen LogP contribution in [0.1, 0.15) is 34.7 Å². The second-order valence-electron chi connectivity index (χ2n) is 20.1. The van der Waals surface area contributed by atoms with Crippen molar-refractivity contribution in [2.75, 3.05) is 0 Å². The summed E-state index contributed by atoms with van der Waals surface area (Å²) in [6.07, 6.45) is 0.992. The van der Waals surface area contributed by atoms with Gasteiger partial charge >= 0.3 is 0 Å². The van der Waals surface area contributed by atoms with E-state index in [2.05, 4.69) is 244 Å². The van der Waals surface area contributed by atoms with Crippen LogP contribution in [0.2, 0.25) is 0 Å². The molecule has 2 atom stereocenters. The summed E-state index contributed by atoms with van der Waals surface area (Å²) in [5.41, 5.74) is 24.4. The van der Waals surface area contributed by atoms with E-state index in [0.29, 0.717) is 18.3 Å². The Bertz CT molecular complexity index is 4520. The fourth-order valence-corrected chi connectivity index (χ4v) is 11.3. The molecule has 0 aliphatic carbocycles. The Morgan fingerprint density at radius 2 is 0.988 bits per heavy atom. The van der Waals surface area contributed by atoms with Crippen LogP contribution in [0, 0.1) is 0 Å². The standard InChI is InChI=1S/C71H53N9/c72-67(56-34-18-31-53(42-56)49-24-7-2-8-25-49)75-70(74-45-47-21-17-30-52(41-47)48-22-5-1-6-23-48)79-62-39-15-13-37-59(62)61-46-73-64-60-38-14-16-40-63(60)80(66(64)65(61)79)71-77-68(57-35-19-32-54(43-57)50-26-9-3-10-27-50)76-69(78-71)58-36-20-33-55(44-58)51-28-11-4-12-29-51/h1-44,46,68,71,77H,45H2,(H,76,78)(H2,72,74,75). The van der Waals surface area contributed by atoms with E-state index in [9.17, 15) is 0 Å². The Kier molecular flexibility index (Phi) is 12.5. The SMILES string of the molecule is N/C(=N\C(=NCc1cccc(-c2ccccc2)c1)n1c2ccccc2c2cnc3c4ccccc4n(C4NC(c5cccc(-c6ccccc6)c5)=NC(c5cccc(-c6ccccc6)c5)N4)c3c21)c1cccc(-c2ccccc2)c1. The number of nitrogens with zero attached hydrogens (tertiary/aromatic N) is 6. The highest BCUT2D eigenvalue weighted by molar-refractivity contribution is 6.25. The summed E-state index contributed by atoms with van der Waals surface area (Å²) in [6, 6.07) is 92.9. The van der Waals surface area contributed by atoms with Crippen molar-refractivity contribution in [2.24, 2.45) is 20.7 Å². The lowest BCUT2D eigenvalue weighted by molar-refractivity contribution is 0.330. The molecular weight excluding hydrogens is 979 g/mol. The van der Waals surface area contributed by atoms with Gasteiger partial charge < -0.3 is 15.6 Å². The van der Waals surface area contributed by atoms with Gasteiger partial charge in [0, 0.05) is 33.5 Å². The van der Waals surface area contributed by atoms with Gasteiger partial charge in [-0.05, 0) is 92.0 Å². The molecule has 0 fully saturated rings. The lowest BCUT2D eigenvalue weighted by Gasteiger charge is -2.34. The van der Waals surface area contributed by atoms with Gasteiger partial charge in [0.1, 0.15) is 17.8 Å². The first-order valence-corrected chi connectivity index (χ1v) is 27.0. The average Bonchev–Trinajstić information content (AvgIpc) is 4.22. The van der Waals surface area contributed by atoms with Gasteiger partial charge in [-0.3, -0.25) is 14.9 Å². The van der Waals surface area contributed by atoms with Crippen molar-refractivity contribution in [2.45, 2.75) is 19.0 Å². The van der Waals surface area contributed by atoms with Crippen LogP contribution in [0.25, 0.3) is 88.2 Å². The van der Waals surface area contributed by atoms with Crippen molar-refractivity contribution in [3.05, 3.63) is 295 Å². The first-order valence-electron chi connectivity index (χ1n) is 27.0. The van der Waals surface area contributed by atoms with Gasteiger partial charge in [0.05, 0.1) is 34.1 Å². The van der Waals surface area contributed by atoms with E-state index in [4.69, 9.17) is 25.7 Å². The van der Waals surface area contributed by atoms with E-state index < -0.39 is 12.5 Å². The quantitative estimate of drug-likeness (QED) is 0.0936. The Balaban J connectivity index is 0.993. The number of aromatic nitrogens is 3. The maximum absolute atomic E-state index is 7.27. The number of nitrogens with two attached hydrogens (primary N) is 1. The highest BCUT2D eigenvalue weighted by Crippen LogP contribution is 2.40. The van der Waals surface area contributed by atoms with Gasteiger partial charge in [-0.15, -0.1) is 0 Å². The normalized spacial score (nSPS) is 14.9. The summed E-state index contributed by atoms with van der Waals surface area (Å²) in [7, 11) is 0. The van der Waals surface area contributed by atoms with Crippen molar-refractivity contribution < 1.29 is 0 Å². The van der Waals surface area contributed by atoms with E-state index in [-0.39, 0.29) is 0 Å². The first-order chi connectivity index (χ1) is 39.6. The molecule has 0 spiro atoms. The minimum atomic E-state index is -0.551. The molecule has 9 heteroatoms. The van der Waals surface area contributed by atoms with E-state index in [1.165, 1.54) is 0 Å². The fourth-order valence-electron chi connectivity index (χ4n) is 11.3. The van der Waals surface area contributed by atoms with Gasteiger partial charge in [0.2, 0.25) is 5.96 Å². The molecule has 0 radical (unpaired) electrons. The van der Waals surface area contributed by atoms with E-state index >= 15 is 0 Å². The topological polar surface area (TPSA) is 110 Å². The van der Waals surface area contributed by atoms with Gasteiger partial charge in [0.15, 0.2) is 6.29 Å². The molecule has 4 N–H and O–H groups in total. The summed E-state index contributed by atoms with van der Waals surface area (Å²) >= 11 is 0. The highest BCUT2D eigenvalue weighted by Gasteiger charge is 2.31. The molecule has 10 aromatic carbocycles. The Hall–Kier alpha value is -10.5. The van der Waals surface area contributed by atoms with Gasteiger partial charge in [0.25, 0.3) is 0 Å². The van der Waals surface area contributed by atoms with Crippen molar-refractivity contribution in [1.82, 2.24) is 24.8 Å². The molecule has 13 aromatic rings. The second-order valence-corrected chi connectivity index (χ2v) is 20.1. The predicted molar refractivity (Wildman–Crippen MR) is 330 cm³/mol. The number of hydrogen-bond donors (Lipinski definition) is 3. The molecule has 0 saturated carbocycles. The van der Waals surface area contributed by atoms with Crippen LogP contribution >= 0.6 is 0 Å². The van der Waals surface area contributed by atoms with Crippen molar-refractivity contribution in [1.29, 1.82) is 0 Å². The van der Waals surface area contributed by atoms with Crippen LogP contribution in [-0.4, -0.2) is 31.7 Å². The summed E-state index contributed by atoms with van der Waals surface area (Å²) in [5.74, 6) is 1.53. The molecule has 1 aliphatic rings. The van der Waals surface area contributed by atoms with Gasteiger partial charge in [-0.25, -0.2) is 9.98 Å². The van der Waals surface area contributed by atoms with E-state index in [0.717, 1.165) is 116 Å². The Labute approximate surface area is 463 Å². The number of aliphatic imine (C=N–C) groups is 3. The molecule has 0 saturated heterocycles. The van der Waals surface area contributed by atoms with Gasteiger partial charge in [-0.1, -0.05) is 231 Å². The van der Waals surface area contributed by atoms with Crippen molar-refractivity contribution in [3.8, 4) is 44.5 Å². The maximum atomic E-state index is 7.27. The second kappa shape index (κ2) is 20.8. The minimum Gasteiger partial charge on any atom is -0.383 e. The minimum absolute atomic E-state index is 0.333. The van der Waals surface area contributed by atoms with Gasteiger partial charge in [-0.2, -0.15) is 4.99 Å². The van der Waals surface area contributed by atoms with Crippen LogP contribution in [-0.2, 0) is 6.54 Å². The van der Waals surface area contributed by atoms with Crippen LogP contribution in [0.15, 0.2) is 288 Å². The highest BCUT2D eigenvalue weighted by atomic mass is 15.4. The molecule has 80 heavy (non-hydrogen) atoms. The zero-order valence-corrected chi connectivity index (χ0v) is 43.6. The van der Waals surface area contributed by atoms with E-state index in [1.807, 2.05) is 48.7 Å². The number of para-hydroxylation sites is 2. The number of nitrogens with one attached hydrogen (secondary N) is 2. The average molecular weight is 1030 g/mol. The summed E-state index contributed by atoms with van der Waals surface area (Å²) in [5, 5.41) is 10.9. The molecule has 382 valence electrons. The number of amidine groups is 2. The number of benzene rings is 10. The summed E-state index contributed by atoms with van der Waals surface area (Å²) in [4.78, 5) is 21.9. The third-order valence-corrected chi connectivity index (χ3v) is 15.1. The van der Waals surface area contributed by atoms with Crippen LogP contribution in [0.4, 0.5) is 0 Å². The molecule has 9 nitrogen and oxygen atoms in total. The van der Waals surface area contributed by atoms with Crippen LogP contribution in [0.5, 0.6) is 0 Å². The number of hydrogen-bond acceptors (Lipinski definition) is 5. The van der Waals surface area contributed by atoms with Crippen LogP contribution < -0.4 is 16.4 Å². The molecule has 0 bridgehead atoms. The zero-order chi connectivity index (χ0) is 53.4. The smallest absolute Gasteiger partial charge is 0.232 e. The molecule has 1 aliphatic heterocycles. The predicted octanol–water partition coefficient (Wildman–Crippen LogP) is 15.6. The van der Waals surface area contributed by atoms with Crippen LogP contribution in [0.3, 0.4) is 0 Å². The summed E-state index contributed by atoms with van der Waals surface area (Å²) < 4.78 is 4.55. The van der Waals surface area contributed by atoms with Crippen molar-refractivity contribution >= 4 is 61.4 Å². The molecule has 4 heterocycles. The largest absolute Gasteiger partial charge is 0.383 e. The monoisotopic (exact) mass is 1030 g/mol. The third kappa shape index (κ3) is 9.07. The molecule has 3 aromatic heterocycles.